The highest BCUT2D eigenvalue weighted by molar-refractivity contribution is 6.31. The van der Waals surface area contributed by atoms with E-state index in [0.717, 1.165) is 5.56 Å². The van der Waals surface area contributed by atoms with Gasteiger partial charge in [-0.05, 0) is 23.8 Å². The minimum Gasteiger partial charge on any atom is -0.497 e. The third-order valence-corrected chi connectivity index (χ3v) is 3.93. The number of hydrogen-bond acceptors (Lipinski definition) is 6. The zero-order chi connectivity index (χ0) is 20.0. The van der Waals surface area contributed by atoms with Crippen molar-refractivity contribution >= 4 is 29.4 Å². The molecule has 0 fully saturated rings. The van der Waals surface area contributed by atoms with Gasteiger partial charge in [-0.2, -0.15) is 0 Å². The molecule has 0 radical (unpaired) electrons. The zero-order valence-electron chi connectivity index (χ0n) is 15.1. The summed E-state index contributed by atoms with van der Waals surface area (Å²) in [5, 5.41) is 1.46. The van der Waals surface area contributed by atoms with E-state index in [1.165, 1.54) is 36.2 Å². The lowest BCUT2D eigenvalue weighted by molar-refractivity contribution is -0.143. The van der Waals surface area contributed by atoms with Crippen LogP contribution in [0.1, 0.15) is 22.5 Å². The van der Waals surface area contributed by atoms with Crippen molar-refractivity contribution in [3.05, 3.63) is 52.8 Å². The molecule has 2 aromatic rings. The number of amides is 1. The van der Waals surface area contributed by atoms with Gasteiger partial charge in [0.1, 0.15) is 17.9 Å². The first-order valence-electron chi connectivity index (χ1n) is 7.86. The van der Waals surface area contributed by atoms with Crippen molar-refractivity contribution in [2.24, 2.45) is 0 Å². The Morgan fingerprint density at radius 1 is 1.07 bits per heavy atom. The summed E-state index contributed by atoms with van der Waals surface area (Å²) in [6.07, 6.45) is 0.898. The number of rotatable bonds is 7. The van der Waals surface area contributed by atoms with Crippen LogP contribution in [0.4, 0.5) is 0 Å². The second kappa shape index (κ2) is 9.09. The van der Waals surface area contributed by atoms with Crippen molar-refractivity contribution in [1.29, 1.82) is 0 Å². The highest BCUT2D eigenvalue weighted by atomic mass is 35.5. The molecule has 0 aliphatic carbocycles. The monoisotopic (exact) mass is 394 g/mol. The lowest BCUT2D eigenvalue weighted by atomic mass is 10.2. The van der Waals surface area contributed by atoms with Crippen molar-refractivity contribution in [2.45, 2.75) is 13.0 Å². The van der Waals surface area contributed by atoms with Crippen LogP contribution < -0.4 is 9.75 Å². The Balaban J connectivity index is 2.41. The molecular formula is C18H19ClN2O6. The van der Waals surface area contributed by atoms with Crippen LogP contribution in [0.15, 0.2) is 36.5 Å². The first-order valence-corrected chi connectivity index (χ1v) is 8.24. The van der Waals surface area contributed by atoms with Gasteiger partial charge in [-0.25, -0.2) is 14.5 Å². The predicted molar refractivity (Wildman–Crippen MR) is 97.3 cm³/mol. The molecule has 0 unspecified atom stereocenters. The number of hydrogen-bond donors (Lipinski definition) is 0. The van der Waals surface area contributed by atoms with E-state index in [1.807, 2.05) is 0 Å². The highest BCUT2D eigenvalue weighted by Crippen LogP contribution is 2.19. The van der Waals surface area contributed by atoms with E-state index in [-0.39, 0.29) is 17.3 Å². The van der Waals surface area contributed by atoms with E-state index in [1.54, 1.807) is 31.4 Å². The molecular weight excluding hydrogens is 376 g/mol. The number of methoxy groups -OCH3 is 3. The van der Waals surface area contributed by atoms with Gasteiger partial charge in [0.15, 0.2) is 0 Å². The molecule has 0 aliphatic heterocycles. The SMILES string of the molecule is COC(=O)CC(=O)N(Cc1ccc(OC)cc1)n1cc(Cl)cc1C(=O)OC. The minimum absolute atomic E-state index is 0.0502. The van der Waals surface area contributed by atoms with Gasteiger partial charge in [0.25, 0.3) is 5.91 Å². The summed E-state index contributed by atoms with van der Waals surface area (Å²) in [5.41, 5.74) is 0.795. The van der Waals surface area contributed by atoms with E-state index < -0.39 is 24.3 Å². The number of aromatic nitrogens is 1. The first kappa shape index (κ1) is 20.3. The van der Waals surface area contributed by atoms with Crippen LogP contribution in [0.25, 0.3) is 0 Å². The quantitative estimate of drug-likeness (QED) is 0.528. The third-order valence-electron chi connectivity index (χ3n) is 3.72. The molecule has 0 N–H and O–H groups in total. The smallest absolute Gasteiger partial charge is 0.356 e. The number of benzene rings is 1. The lowest BCUT2D eigenvalue weighted by Crippen LogP contribution is -2.42. The van der Waals surface area contributed by atoms with Crippen molar-refractivity contribution in [1.82, 2.24) is 4.68 Å². The van der Waals surface area contributed by atoms with Crippen LogP contribution in [-0.2, 0) is 25.6 Å². The summed E-state index contributed by atoms with van der Waals surface area (Å²) in [7, 11) is 3.96. The summed E-state index contributed by atoms with van der Waals surface area (Å²) in [5.74, 6) is -1.29. The molecule has 1 aromatic carbocycles. The molecule has 1 aromatic heterocycles. The predicted octanol–water partition coefficient (Wildman–Crippen LogP) is 2.16. The Morgan fingerprint density at radius 2 is 1.74 bits per heavy atom. The van der Waals surface area contributed by atoms with Crippen LogP contribution in [0.3, 0.4) is 0 Å². The Hall–Kier alpha value is -3.00. The Morgan fingerprint density at radius 3 is 2.30 bits per heavy atom. The molecule has 0 saturated heterocycles. The molecule has 9 heteroatoms. The fourth-order valence-electron chi connectivity index (χ4n) is 2.35. The summed E-state index contributed by atoms with van der Waals surface area (Å²) in [4.78, 5) is 36.3. The molecule has 0 spiro atoms. The van der Waals surface area contributed by atoms with Gasteiger partial charge < -0.3 is 14.2 Å². The Kier molecular flexibility index (Phi) is 6.84. The maximum Gasteiger partial charge on any atom is 0.356 e. The molecule has 0 saturated carbocycles. The van der Waals surface area contributed by atoms with Crippen LogP contribution in [0, 0.1) is 0 Å². The standard InChI is InChI=1S/C18H19ClN2O6/c1-25-14-6-4-12(5-7-14)10-21(16(22)9-17(23)26-2)20-11-13(19)8-15(20)18(24)27-3/h4-8,11H,9-10H2,1-3H3. The van der Waals surface area contributed by atoms with E-state index in [0.29, 0.717) is 5.75 Å². The maximum atomic E-state index is 12.7. The Labute approximate surface area is 161 Å². The van der Waals surface area contributed by atoms with Gasteiger partial charge in [0.2, 0.25) is 0 Å². The number of nitrogens with zero attached hydrogens (tertiary/aromatic N) is 2. The van der Waals surface area contributed by atoms with Crippen molar-refractivity contribution in [3.63, 3.8) is 0 Å². The highest BCUT2D eigenvalue weighted by Gasteiger charge is 2.25. The lowest BCUT2D eigenvalue weighted by Gasteiger charge is -2.25. The second-order valence-electron chi connectivity index (χ2n) is 5.43. The van der Waals surface area contributed by atoms with E-state index in [2.05, 4.69) is 4.74 Å². The molecule has 0 atom stereocenters. The molecule has 1 heterocycles. The normalized spacial score (nSPS) is 10.2. The van der Waals surface area contributed by atoms with Gasteiger partial charge in [-0.1, -0.05) is 23.7 Å². The molecule has 0 aliphatic rings. The van der Waals surface area contributed by atoms with Gasteiger partial charge in [-0.3, -0.25) is 9.59 Å². The molecule has 0 bridgehead atoms. The maximum absolute atomic E-state index is 12.7. The van der Waals surface area contributed by atoms with Gasteiger partial charge in [0.05, 0.1) is 32.9 Å². The van der Waals surface area contributed by atoms with Gasteiger partial charge >= 0.3 is 11.9 Å². The van der Waals surface area contributed by atoms with Crippen LogP contribution in [-0.4, -0.2) is 43.9 Å². The fraction of sp³-hybridized carbons (Fsp3) is 0.278. The number of carbonyl (C=O) groups excluding carboxylic acids is 3. The third kappa shape index (κ3) is 5.01. The molecule has 1 amide bonds. The van der Waals surface area contributed by atoms with E-state index >= 15 is 0 Å². The largest absolute Gasteiger partial charge is 0.497 e. The summed E-state index contributed by atoms with van der Waals surface area (Å²) in [6.45, 7) is 0.0782. The van der Waals surface area contributed by atoms with E-state index in [4.69, 9.17) is 21.1 Å². The molecule has 8 nitrogen and oxygen atoms in total. The topological polar surface area (TPSA) is 87.1 Å². The minimum atomic E-state index is -0.697. The first-order chi connectivity index (χ1) is 12.9. The fourth-order valence-corrected chi connectivity index (χ4v) is 2.55. The molecule has 144 valence electrons. The Bertz CT molecular complexity index is 831. The van der Waals surface area contributed by atoms with Crippen LogP contribution in [0.5, 0.6) is 5.75 Å². The summed E-state index contributed by atoms with van der Waals surface area (Å²) >= 11 is 6.02. The van der Waals surface area contributed by atoms with Crippen molar-refractivity contribution in [2.75, 3.05) is 26.3 Å². The van der Waals surface area contributed by atoms with Crippen molar-refractivity contribution < 1.29 is 28.6 Å². The van der Waals surface area contributed by atoms with Crippen LogP contribution >= 0.6 is 11.6 Å². The zero-order valence-corrected chi connectivity index (χ0v) is 15.9. The summed E-state index contributed by atoms with van der Waals surface area (Å²) in [6, 6.07) is 8.38. The number of esters is 2. The number of ether oxygens (including phenoxy) is 3. The van der Waals surface area contributed by atoms with Crippen LogP contribution in [0.2, 0.25) is 5.02 Å². The number of carbonyl (C=O) groups is 3. The summed E-state index contributed by atoms with van der Waals surface area (Å²) < 4.78 is 15.7. The average Bonchev–Trinajstić information content (AvgIpc) is 3.06. The van der Waals surface area contributed by atoms with E-state index in [9.17, 15) is 14.4 Å². The van der Waals surface area contributed by atoms with Crippen molar-refractivity contribution in [3.8, 4) is 5.75 Å². The molecule has 2 rings (SSSR count). The van der Waals surface area contributed by atoms with Gasteiger partial charge in [-0.15, -0.1) is 0 Å². The number of halogens is 1. The average molecular weight is 395 g/mol. The second-order valence-corrected chi connectivity index (χ2v) is 5.87. The van der Waals surface area contributed by atoms with Gasteiger partial charge in [0, 0.05) is 6.20 Å². The molecule has 27 heavy (non-hydrogen) atoms.